The molecule has 1 aliphatic heterocycles. The van der Waals surface area contributed by atoms with Crippen LogP contribution in [0.5, 0.6) is 5.75 Å². The fourth-order valence-electron chi connectivity index (χ4n) is 1.84. The van der Waals surface area contributed by atoms with E-state index < -0.39 is 0 Å². The van der Waals surface area contributed by atoms with E-state index in [0.717, 1.165) is 25.3 Å². The molecule has 0 spiro atoms. The lowest BCUT2D eigenvalue weighted by molar-refractivity contribution is 0.370. The highest BCUT2D eigenvalue weighted by molar-refractivity contribution is 5.85. The highest BCUT2D eigenvalue weighted by atomic mass is 35.5. The van der Waals surface area contributed by atoms with Crippen molar-refractivity contribution in [1.29, 1.82) is 0 Å². The first-order chi connectivity index (χ1) is 7.29. The van der Waals surface area contributed by atoms with E-state index in [9.17, 15) is 0 Å². The Morgan fingerprint density at radius 2 is 1.88 bits per heavy atom. The van der Waals surface area contributed by atoms with Crippen molar-refractivity contribution in [1.82, 2.24) is 4.90 Å². The molecule has 1 aromatic carbocycles. The number of likely N-dealkylation sites (N-methyl/N-ethyl adjacent to an activating group) is 1. The molecule has 3 heteroatoms. The van der Waals surface area contributed by atoms with Crippen LogP contribution in [0.1, 0.15) is 12.0 Å². The Balaban J connectivity index is 0.00000128. The first kappa shape index (κ1) is 13.1. The predicted molar refractivity (Wildman–Crippen MR) is 70.3 cm³/mol. The zero-order valence-electron chi connectivity index (χ0n) is 9.77. The van der Waals surface area contributed by atoms with Gasteiger partial charge >= 0.3 is 0 Å². The SMILES string of the molecule is COc1ccc(C2=CCN(C)CC2)cc1.Cl. The predicted octanol–water partition coefficient (Wildman–Crippen LogP) is 2.84. The van der Waals surface area contributed by atoms with E-state index in [-0.39, 0.29) is 12.4 Å². The molecule has 16 heavy (non-hydrogen) atoms. The zero-order chi connectivity index (χ0) is 10.7. The van der Waals surface area contributed by atoms with Crippen molar-refractivity contribution >= 4 is 18.0 Å². The molecule has 0 atom stereocenters. The van der Waals surface area contributed by atoms with Gasteiger partial charge in [0, 0.05) is 13.1 Å². The summed E-state index contributed by atoms with van der Waals surface area (Å²) in [7, 11) is 3.85. The van der Waals surface area contributed by atoms with Crippen LogP contribution in [0.4, 0.5) is 0 Å². The smallest absolute Gasteiger partial charge is 0.118 e. The molecule has 2 rings (SSSR count). The molecule has 0 radical (unpaired) electrons. The van der Waals surface area contributed by atoms with E-state index >= 15 is 0 Å². The van der Waals surface area contributed by atoms with Gasteiger partial charge in [-0.05, 0) is 36.7 Å². The molecular formula is C13H18ClNO. The summed E-state index contributed by atoms with van der Waals surface area (Å²) in [5, 5.41) is 0. The second-order valence-corrected chi connectivity index (χ2v) is 3.97. The van der Waals surface area contributed by atoms with Crippen molar-refractivity contribution < 1.29 is 4.74 Å². The quantitative estimate of drug-likeness (QED) is 0.787. The molecule has 1 aliphatic rings. The molecule has 0 N–H and O–H groups in total. The van der Waals surface area contributed by atoms with Crippen molar-refractivity contribution in [3.8, 4) is 5.75 Å². The maximum Gasteiger partial charge on any atom is 0.118 e. The van der Waals surface area contributed by atoms with Crippen LogP contribution in [0.3, 0.4) is 0 Å². The number of methoxy groups -OCH3 is 1. The first-order valence-electron chi connectivity index (χ1n) is 5.31. The Morgan fingerprint density at radius 3 is 2.38 bits per heavy atom. The summed E-state index contributed by atoms with van der Waals surface area (Å²) in [5.41, 5.74) is 2.78. The van der Waals surface area contributed by atoms with Gasteiger partial charge in [0.05, 0.1) is 7.11 Å². The number of hydrogen-bond acceptors (Lipinski definition) is 2. The molecule has 0 bridgehead atoms. The van der Waals surface area contributed by atoms with Crippen molar-refractivity contribution in [2.75, 3.05) is 27.2 Å². The fraction of sp³-hybridized carbons (Fsp3) is 0.385. The van der Waals surface area contributed by atoms with Gasteiger partial charge in [-0.15, -0.1) is 12.4 Å². The monoisotopic (exact) mass is 239 g/mol. The summed E-state index contributed by atoms with van der Waals surface area (Å²) in [6.45, 7) is 2.21. The number of ether oxygens (including phenoxy) is 1. The number of nitrogens with zero attached hydrogens (tertiary/aromatic N) is 1. The molecule has 0 aliphatic carbocycles. The molecule has 2 nitrogen and oxygen atoms in total. The Bertz CT molecular complexity index is 359. The van der Waals surface area contributed by atoms with Crippen molar-refractivity contribution in [3.05, 3.63) is 35.9 Å². The summed E-state index contributed by atoms with van der Waals surface area (Å²) in [5.74, 6) is 0.923. The lowest BCUT2D eigenvalue weighted by atomic mass is 10.00. The van der Waals surface area contributed by atoms with Crippen LogP contribution < -0.4 is 4.74 Å². The molecule has 0 fully saturated rings. The third kappa shape index (κ3) is 3.00. The van der Waals surface area contributed by atoms with Gasteiger partial charge in [0.15, 0.2) is 0 Å². The topological polar surface area (TPSA) is 12.5 Å². The molecule has 1 heterocycles. The molecule has 88 valence electrons. The van der Waals surface area contributed by atoms with Gasteiger partial charge in [-0.3, -0.25) is 0 Å². The van der Waals surface area contributed by atoms with Crippen molar-refractivity contribution in [2.24, 2.45) is 0 Å². The molecule has 0 aromatic heterocycles. The van der Waals surface area contributed by atoms with Crippen LogP contribution in [-0.4, -0.2) is 32.1 Å². The lowest BCUT2D eigenvalue weighted by Crippen LogP contribution is -2.23. The fourth-order valence-corrected chi connectivity index (χ4v) is 1.84. The van der Waals surface area contributed by atoms with Gasteiger partial charge in [0.25, 0.3) is 0 Å². The van der Waals surface area contributed by atoms with E-state index in [1.165, 1.54) is 11.1 Å². The minimum absolute atomic E-state index is 0. The van der Waals surface area contributed by atoms with Crippen molar-refractivity contribution in [3.63, 3.8) is 0 Å². The Morgan fingerprint density at radius 1 is 1.19 bits per heavy atom. The van der Waals surface area contributed by atoms with Gasteiger partial charge in [-0.1, -0.05) is 18.2 Å². The average molecular weight is 240 g/mol. The molecule has 1 aromatic rings. The van der Waals surface area contributed by atoms with Crippen LogP contribution in [-0.2, 0) is 0 Å². The standard InChI is InChI=1S/C13H17NO.ClH/c1-14-9-7-12(8-10-14)11-3-5-13(15-2)6-4-11;/h3-7H,8-10H2,1-2H3;1H. The summed E-state index contributed by atoms with van der Waals surface area (Å²) < 4.78 is 5.15. The van der Waals surface area contributed by atoms with Crippen molar-refractivity contribution in [2.45, 2.75) is 6.42 Å². The summed E-state index contributed by atoms with van der Waals surface area (Å²) in [6, 6.07) is 8.31. The maximum absolute atomic E-state index is 5.15. The third-order valence-corrected chi connectivity index (χ3v) is 2.87. The molecular weight excluding hydrogens is 222 g/mol. The minimum atomic E-state index is 0. The summed E-state index contributed by atoms with van der Waals surface area (Å²) >= 11 is 0. The average Bonchev–Trinajstić information content (AvgIpc) is 2.30. The van der Waals surface area contributed by atoms with Crippen LogP contribution >= 0.6 is 12.4 Å². The molecule has 0 amide bonds. The van der Waals surface area contributed by atoms with E-state index in [4.69, 9.17) is 4.74 Å². The molecule has 0 saturated carbocycles. The first-order valence-corrected chi connectivity index (χ1v) is 5.31. The largest absolute Gasteiger partial charge is 0.497 e. The number of rotatable bonds is 2. The zero-order valence-corrected chi connectivity index (χ0v) is 10.6. The van der Waals surface area contributed by atoms with E-state index in [2.05, 4.69) is 30.2 Å². The van der Waals surface area contributed by atoms with Gasteiger partial charge in [0.1, 0.15) is 5.75 Å². The number of benzene rings is 1. The highest BCUT2D eigenvalue weighted by Crippen LogP contribution is 2.23. The normalized spacial score (nSPS) is 16.2. The second kappa shape index (κ2) is 5.92. The van der Waals surface area contributed by atoms with Gasteiger partial charge in [0.2, 0.25) is 0 Å². The van der Waals surface area contributed by atoms with Crippen LogP contribution in [0.2, 0.25) is 0 Å². The Labute approximate surface area is 103 Å². The Kier molecular flexibility index (Phi) is 4.84. The van der Waals surface area contributed by atoms with Gasteiger partial charge in [-0.2, -0.15) is 0 Å². The second-order valence-electron chi connectivity index (χ2n) is 3.97. The van der Waals surface area contributed by atoms with Gasteiger partial charge < -0.3 is 9.64 Å². The molecule has 0 unspecified atom stereocenters. The Hall–Kier alpha value is -0.990. The van der Waals surface area contributed by atoms with Crippen LogP contribution in [0.15, 0.2) is 30.3 Å². The number of halogens is 1. The van der Waals surface area contributed by atoms with Crippen LogP contribution in [0, 0.1) is 0 Å². The summed E-state index contributed by atoms with van der Waals surface area (Å²) in [6.07, 6.45) is 3.45. The molecule has 0 saturated heterocycles. The number of hydrogen-bond donors (Lipinski definition) is 0. The third-order valence-electron chi connectivity index (χ3n) is 2.87. The highest BCUT2D eigenvalue weighted by Gasteiger charge is 2.09. The summed E-state index contributed by atoms with van der Waals surface area (Å²) in [4.78, 5) is 2.33. The van der Waals surface area contributed by atoms with E-state index in [1.807, 2.05) is 12.1 Å². The minimum Gasteiger partial charge on any atom is -0.497 e. The lowest BCUT2D eigenvalue weighted by Gasteiger charge is -2.22. The van der Waals surface area contributed by atoms with E-state index in [0.29, 0.717) is 0 Å². The van der Waals surface area contributed by atoms with E-state index in [1.54, 1.807) is 7.11 Å². The van der Waals surface area contributed by atoms with Gasteiger partial charge in [-0.25, -0.2) is 0 Å². The van der Waals surface area contributed by atoms with Crippen LogP contribution in [0.25, 0.3) is 5.57 Å². The maximum atomic E-state index is 5.15.